The molecular weight excluding hydrogens is 418 g/mol. The van der Waals surface area contributed by atoms with Crippen LogP contribution in [0.4, 0.5) is 23.2 Å². The van der Waals surface area contributed by atoms with E-state index in [1.54, 1.807) is 12.1 Å². The van der Waals surface area contributed by atoms with Gasteiger partial charge in [-0.05, 0) is 24.9 Å². The second-order valence-corrected chi connectivity index (χ2v) is 5.30. The van der Waals surface area contributed by atoms with Crippen LogP contribution >= 0.6 is 0 Å². The molecule has 186 valence electrons. The van der Waals surface area contributed by atoms with Crippen molar-refractivity contribution < 1.29 is 28.1 Å². The number of benzene rings is 1. The van der Waals surface area contributed by atoms with Crippen LogP contribution in [-0.2, 0) is 6.42 Å². The van der Waals surface area contributed by atoms with Crippen molar-refractivity contribution in [1.29, 1.82) is 0 Å². The summed E-state index contributed by atoms with van der Waals surface area (Å²) in [6.07, 6.45) is 1.38. The largest absolute Gasteiger partial charge is 0.326 e. The fraction of sp³-hybridized carbons (Fsp3) is 0.700. The van der Waals surface area contributed by atoms with E-state index in [0.717, 1.165) is 12.0 Å². The Morgan fingerprint density at radius 2 is 1.39 bits per heavy atom. The zero-order valence-electron chi connectivity index (χ0n) is 23.2. The molecule has 0 aliphatic heterocycles. The van der Waals surface area contributed by atoms with E-state index >= 15 is 0 Å². The Bertz CT molecular complexity index is 573. The second kappa shape index (κ2) is 32.8. The van der Waals surface area contributed by atoms with Gasteiger partial charge < -0.3 is 21.7 Å². The van der Waals surface area contributed by atoms with Gasteiger partial charge >= 0.3 is 0 Å². The Balaban J connectivity index is -0.000000542. The Morgan fingerprint density at radius 1 is 0.935 bits per heavy atom. The minimum Gasteiger partial charge on any atom is -0.326 e. The Hall–Kier alpha value is -1.82. The lowest BCUT2D eigenvalue weighted by Crippen LogP contribution is -2.39. The van der Waals surface area contributed by atoms with Gasteiger partial charge in [0.15, 0.2) is 0 Å². The van der Waals surface area contributed by atoms with Gasteiger partial charge in [-0.25, -0.2) is 0 Å². The summed E-state index contributed by atoms with van der Waals surface area (Å²) in [6.45, 7) is 4.66. The van der Waals surface area contributed by atoms with Gasteiger partial charge in [0.1, 0.15) is 5.65 Å². The molecule has 0 aromatic heterocycles. The molecule has 31 heavy (non-hydrogen) atoms. The molecule has 0 aliphatic carbocycles. The maximum Gasteiger partial charge on any atom is 0.269 e. The average molecular weight is 468 g/mol. The van der Waals surface area contributed by atoms with E-state index in [9.17, 15) is 27.7 Å². The summed E-state index contributed by atoms with van der Waals surface area (Å²) in [5, 5.41) is 14.8. The number of nitrogens with one attached hydrogen (secondary N) is 3. The first-order chi connectivity index (χ1) is 16.8. The molecular formula is C20H41F4N5O2. The van der Waals surface area contributed by atoms with Gasteiger partial charge in [0, 0.05) is 50.9 Å². The number of nitro benzene ring substituents is 1. The lowest BCUT2D eigenvalue weighted by molar-refractivity contribution is -0.384. The predicted molar refractivity (Wildman–Crippen MR) is 122 cm³/mol. The number of nitrogens with zero attached hydrogens (tertiary/aromatic N) is 1. The lowest BCUT2D eigenvalue weighted by Gasteiger charge is -2.13. The van der Waals surface area contributed by atoms with E-state index in [1.165, 1.54) is 28.1 Å². The van der Waals surface area contributed by atoms with Gasteiger partial charge in [-0.2, -0.15) is 0 Å². The molecule has 0 bridgehead atoms. The molecule has 1 aromatic carbocycles. The van der Waals surface area contributed by atoms with E-state index < -0.39 is 4.92 Å². The summed E-state index contributed by atoms with van der Waals surface area (Å²) in [4.78, 5) is 10.2. The van der Waals surface area contributed by atoms with Crippen molar-refractivity contribution in [1.82, 2.24) is 15.9 Å². The minimum absolute atomic E-state index is 0.0250. The van der Waals surface area contributed by atoms with Crippen molar-refractivity contribution in [3.05, 3.63) is 39.9 Å². The van der Waals surface area contributed by atoms with Gasteiger partial charge in [0.2, 0.25) is 0 Å². The Morgan fingerprint density at radius 3 is 1.81 bits per heavy atom. The zero-order valence-corrected chi connectivity index (χ0v) is 19.2. The summed E-state index contributed by atoms with van der Waals surface area (Å²) in [5.74, 6) is 0. The van der Waals surface area contributed by atoms with Gasteiger partial charge in [0.25, 0.3) is 5.69 Å². The van der Waals surface area contributed by atoms with E-state index in [4.69, 9.17) is 5.65 Å². The van der Waals surface area contributed by atoms with Crippen LogP contribution in [0, 0.1) is 10.1 Å². The van der Waals surface area contributed by atoms with Gasteiger partial charge in [0.05, 0.1) is 33.6 Å². The maximum atomic E-state index is 10.7. The summed E-state index contributed by atoms with van der Waals surface area (Å²) >= 11 is 0. The fourth-order valence-electron chi connectivity index (χ4n) is 2.01. The summed E-state index contributed by atoms with van der Waals surface area (Å²) in [5.41, 5.74) is 3.30. The molecule has 0 spiro atoms. The maximum absolute atomic E-state index is 10.7. The summed E-state index contributed by atoms with van der Waals surface area (Å²) in [6, 6.07) is 5.88. The quantitative estimate of drug-likeness (QED) is 0.190. The molecule has 0 amide bonds. The molecule has 1 atom stereocenters. The van der Waals surface area contributed by atoms with Crippen molar-refractivity contribution in [2.45, 2.75) is 25.8 Å². The number of rotatable bonds is 14. The number of halogens is 4. The third kappa shape index (κ3) is 26.1. The molecule has 0 heterocycles. The second-order valence-electron chi connectivity index (χ2n) is 5.30. The van der Waals surface area contributed by atoms with Crippen molar-refractivity contribution in [3.63, 3.8) is 0 Å². The van der Waals surface area contributed by atoms with Crippen LogP contribution in [0.3, 0.4) is 0 Å². The summed E-state index contributed by atoms with van der Waals surface area (Å²) in [7, 11) is 2.00. The monoisotopic (exact) mass is 467 g/mol. The molecule has 1 rings (SSSR count). The van der Waals surface area contributed by atoms with Gasteiger partial charge in [-0.3, -0.25) is 27.7 Å². The molecule has 0 saturated heterocycles. The Labute approximate surface area is 190 Å². The minimum atomic E-state index is -0.454. The zero-order chi connectivity index (χ0) is 28.2. The van der Waals surface area contributed by atoms with E-state index in [-0.39, 0.29) is 11.7 Å². The van der Waals surface area contributed by atoms with Crippen molar-refractivity contribution in [3.8, 4) is 0 Å². The molecule has 7 nitrogen and oxygen atoms in total. The third-order valence-electron chi connectivity index (χ3n) is 3.19. The molecule has 0 aliphatic rings. The number of nitrogens with two attached hydrogens (primary N) is 1. The van der Waals surface area contributed by atoms with Crippen LogP contribution in [0.1, 0.15) is 18.9 Å². The highest BCUT2D eigenvalue weighted by Crippen LogP contribution is 2.12. The van der Waals surface area contributed by atoms with Crippen LogP contribution in [0.5, 0.6) is 0 Å². The molecule has 0 saturated carbocycles. The first-order valence-electron chi connectivity index (χ1n) is 11.3. The molecule has 0 fully saturated rings. The van der Waals surface area contributed by atoms with Crippen molar-refractivity contribution in [2.24, 2.45) is 5.73 Å². The van der Waals surface area contributed by atoms with Gasteiger partial charge in [-0.1, -0.05) is 19.1 Å². The number of alkyl halides is 4. The van der Waals surface area contributed by atoms with Crippen LogP contribution < -0.4 is 21.7 Å². The van der Waals surface area contributed by atoms with Gasteiger partial charge in [-0.15, -0.1) is 0 Å². The smallest absolute Gasteiger partial charge is 0.269 e. The molecule has 11 heteroatoms. The highest BCUT2D eigenvalue weighted by molar-refractivity contribution is 5.33. The SMILES string of the molecule is CF.CF.CF.CF.[3H]NC(Cc1ccc([N+](=O)[O-])cc1)CN([3H])CCN([3H])CCN([3H])CCC. The van der Waals surface area contributed by atoms with Crippen molar-refractivity contribution >= 4 is 5.69 Å². The van der Waals surface area contributed by atoms with Crippen LogP contribution in [0.15, 0.2) is 24.3 Å². The van der Waals surface area contributed by atoms with E-state index in [0.29, 0.717) is 74.4 Å². The van der Waals surface area contributed by atoms with Crippen LogP contribution in [0.2, 0.25) is 5.65 Å². The fourth-order valence-corrected chi connectivity index (χ4v) is 2.01. The standard InChI is InChI=1S/C16H29N5O2.4CH3F/c1-2-7-18-8-9-19-10-11-20-13-15(17)12-14-3-5-16(6-4-14)21(22)23;4*1-2/h3-6,15,18-20H,2,7-13,17H2,1H3;4*1H3/i/hT4. The molecule has 1 aromatic rings. The topological polar surface area (TPSA) is 105 Å². The van der Waals surface area contributed by atoms with Crippen molar-refractivity contribution in [2.75, 3.05) is 68.0 Å². The number of hydrogen-bond acceptors (Lipinski definition) is 6. The highest BCUT2D eigenvalue weighted by atomic mass is 19.1. The first-order valence-corrected chi connectivity index (χ1v) is 9.49. The number of hydrogen-bond donors (Lipinski definition) is 4. The number of nitro groups is 1. The molecule has 1 unspecified atom stereocenters. The first kappa shape index (κ1) is 27.2. The number of non-ortho nitro benzene ring substituents is 1. The lowest BCUT2D eigenvalue weighted by atomic mass is 10.1. The summed E-state index contributed by atoms with van der Waals surface area (Å²) < 4.78 is 69.0. The predicted octanol–water partition coefficient (Wildman–Crippen LogP) is 2.99. The van der Waals surface area contributed by atoms with Crippen LogP contribution in [-0.4, -0.2) is 78.9 Å². The Kier molecular flexibility index (Phi) is 28.8. The molecule has 0 radical (unpaired) electrons. The van der Waals surface area contributed by atoms with E-state index in [1.807, 2.05) is 6.92 Å². The van der Waals surface area contributed by atoms with E-state index in [2.05, 4.69) is 5.73 Å². The third-order valence-corrected chi connectivity index (χ3v) is 3.19. The normalized spacial score (nSPS) is 12.1. The van der Waals surface area contributed by atoms with Crippen LogP contribution in [0.25, 0.3) is 0 Å². The average Bonchev–Trinajstić information content (AvgIpc) is 2.91. The molecule has 5 N–H and O–H groups in total. The highest BCUT2D eigenvalue weighted by Gasteiger charge is 2.07.